The first-order chi connectivity index (χ1) is 11.9. The van der Waals surface area contributed by atoms with Gasteiger partial charge in [0.2, 0.25) is 10.0 Å². The number of rotatable bonds is 10. The van der Waals surface area contributed by atoms with E-state index >= 15 is 0 Å². The Morgan fingerprint density at radius 2 is 2.04 bits per heavy atom. The molecule has 0 amide bonds. The van der Waals surface area contributed by atoms with Crippen LogP contribution in [-0.2, 0) is 10.0 Å². The number of non-ortho nitro benzene ring substituents is 1. The molecule has 0 aliphatic rings. The summed E-state index contributed by atoms with van der Waals surface area (Å²) in [5, 5.41) is 16.9. The molecule has 0 saturated heterocycles. The molecule has 0 saturated carbocycles. The van der Waals surface area contributed by atoms with Gasteiger partial charge < -0.3 is 10.6 Å². The summed E-state index contributed by atoms with van der Waals surface area (Å²) >= 11 is 1.71. The second-order valence-electron chi connectivity index (χ2n) is 4.83. The van der Waals surface area contributed by atoms with Crippen molar-refractivity contribution in [1.82, 2.24) is 15.4 Å². The molecule has 1 aromatic rings. The lowest BCUT2D eigenvalue weighted by Crippen LogP contribution is -2.39. The van der Waals surface area contributed by atoms with E-state index in [0.717, 1.165) is 18.4 Å². The number of guanidine groups is 1. The Kier molecular flexibility index (Phi) is 12.5. The maximum Gasteiger partial charge on any atom is 0.270 e. The van der Waals surface area contributed by atoms with Crippen LogP contribution in [0.2, 0.25) is 0 Å². The molecule has 26 heavy (non-hydrogen) atoms. The van der Waals surface area contributed by atoms with Crippen molar-refractivity contribution in [2.45, 2.75) is 11.8 Å². The second kappa shape index (κ2) is 13.1. The van der Waals surface area contributed by atoms with E-state index in [1.807, 2.05) is 13.2 Å². The summed E-state index contributed by atoms with van der Waals surface area (Å²) in [7, 11) is -3.82. The molecule has 9 nitrogen and oxygen atoms in total. The smallest absolute Gasteiger partial charge is 0.270 e. The standard InChI is InChI=1S/C14H23N5O4S2.HI/c1-3-15-14(17-9-10-24-2)16-7-8-18-25(22,23)13-6-4-5-12(11-13)19(20)21;/h4-6,11,18H,3,7-10H2,1-2H3,(H2,15,16,17);1H. The van der Waals surface area contributed by atoms with Crippen LogP contribution in [0.1, 0.15) is 6.92 Å². The van der Waals surface area contributed by atoms with Gasteiger partial charge in [-0.3, -0.25) is 15.1 Å². The normalized spacial score (nSPS) is 11.5. The first kappa shape index (κ1) is 24.9. The first-order valence-electron chi connectivity index (χ1n) is 7.66. The third-order valence-corrected chi connectivity index (χ3v) is 5.03. The molecule has 0 aliphatic carbocycles. The van der Waals surface area contributed by atoms with Crippen molar-refractivity contribution in [2.24, 2.45) is 4.99 Å². The Balaban J connectivity index is 0.00000625. The number of nitrogens with one attached hydrogen (secondary N) is 3. The maximum atomic E-state index is 12.2. The lowest BCUT2D eigenvalue weighted by Gasteiger charge is -2.11. The van der Waals surface area contributed by atoms with E-state index in [2.05, 4.69) is 20.3 Å². The molecule has 0 radical (unpaired) electrons. The molecule has 12 heteroatoms. The van der Waals surface area contributed by atoms with E-state index in [-0.39, 0.29) is 47.6 Å². The maximum absolute atomic E-state index is 12.2. The highest BCUT2D eigenvalue weighted by molar-refractivity contribution is 14.0. The van der Waals surface area contributed by atoms with Crippen LogP contribution in [0, 0.1) is 10.1 Å². The van der Waals surface area contributed by atoms with Crippen molar-refractivity contribution < 1.29 is 13.3 Å². The molecule has 0 bridgehead atoms. The summed E-state index contributed by atoms with van der Waals surface area (Å²) in [4.78, 5) is 14.2. The van der Waals surface area contributed by atoms with Crippen molar-refractivity contribution in [2.75, 3.05) is 38.2 Å². The number of benzene rings is 1. The van der Waals surface area contributed by atoms with Crippen molar-refractivity contribution in [3.63, 3.8) is 0 Å². The molecular weight excluding hydrogens is 493 g/mol. The fourth-order valence-electron chi connectivity index (χ4n) is 1.81. The monoisotopic (exact) mass is 517 g/mol. The van der Waals surface area contributed by atoms with Crippen molar-refractivity contribution in [3.05, 3.63) is 34.4 Å². The Morgan fingerprint density at radius 3 is 2.65 bits per heavy atom. The van der Waals surface area contributed by atoms with Gasteiger partial charge in [-0.05, 0) is 19.2 Å². The summed E-state index contributed by atoms with van der Waals surface area (Å²) in [6, 6.07) is 4.92. The van der Waals surface area contributed by atoms with Gasteiger partial charge in [0.05, 0.1) is 16.4 Å². The number of sulfonamides is 1. The highest BCUT2D eigenvalue weighted by Crippen LogP contribution is 2.16. The third kappa shape index (κ3) is 9.00. The number of nitro groups is 1. The number of hydrogen-bond acceptors (Lipinski definition) is 6. The van der Waals surface area contributed by atoms with E-state index in [4.69, 9.17) is 0 Å². The zero-order valence-corrected chi connectivity index (χ0v) is 18.6. The Morgan fingerprint density at radius 1 is 1.31 bits per heavy atom. The van der Waals surface area contributed by atoms with Crippen LogP contribution in [0.25, 0.3) is 0 Å². The topological polar surface area (TPSA) is 126 Å². The Labute approximate surface area is 175 Å². The number of halogens is 1. The zero-order chi connectivity index (χ0) is 18.7. The number of thioether (sulfide) groups is 1. The van der Waals surface area contributed by atoms with Crippen LogP contribution in [-0.4, -0.2) is 57.5 Å². The molecule has 148 valence electrons. The molecule has 0 aliphatic heterocycles. The summed E-state index contributed by atoms with van der Waals surface area (Å²) in [6.07, 6.45) is 2.01. The third-order valence-electron chi connectivity index (χ3n) is 2.96. The number of hydrogen-bond donors (Lipinski definition) is 3. The van der Waals surface area contributed by atoms with Gasteiger partial charge in [0.1, 0.15) is 0 Å². The largest absolute Gasteiger partial charge is 0.357 e. The quantitative estimate of drug-likeness (QED) is 0.107. The van der Waals surface area contributed by atoms with E-state index < -0.39 is 14.9 Å². The fraction of sp³-hybridized carbons (Fsp3) is 0.500. The number of nitrogens with zero attached hydrogens (tertiary/aromatic N) is 2. The Bertz CT molecular complexity index is 700. The van der Waals surface area contributed by atoms with Crippen LogP contribution in [0.4, 0.5) is 5.69 Å². The molecule has 3 N–H and O–H groups in total. The van der Waals surface area contributed by atoms with E-state index in [0.29, 0.717) is 12.5 Å². The van der Waals surface area contributed by atoms with E-state index in [1.165, 1.54) is 18.2 Å². The molecule has 0 fully saturated rings. The van der Waals surface area contributed by atoms with Gasteiger partial charge in [-0.1, -0.05) is 6.07 Å². The van der Waals surface area contributed by atoms with Crippen molar-refractivity contribution in [1.29, 1.82) is 0 Å². The van der Waals surface area contributed by atoms with Crippen molar-refractivity contribution >= 4 is 57.4 Å². The molecule has 0 heterocycles. The van der Waals surface area contributed by atoms with Gasteiger partial charge in [0, 0.05) is 37.5 Å². The van der Waals surface area contributed by atoms with Crippen LogP contribution in [0.5, 0.6) is 0 Å². The summed E-state index contributed by atoms with van der Waals surface area (Å²) < 4.78 is 26.7. The predicted octanol–water partition coefficient (Wildman–Crippen LogP) is 1.41. The molecule has 0 atom stereocenters. The summed E-state index contributed by atoms with van der Waals surface area (Å²) in [5.74, 6) is 1.55. The van der Waals surface area contributed by atoms with Gasteiger partial charge in [-0.15, -0.1) is 24.0 Å². The van der Waals surface area contributed by atoms with Gasteiger partial charge in [0.15, 0.2) is 5.96 Å². The van der Waals surface area contributed by atoms with Gasteiger partial charge in [-0.25, -0.2) is 13.1 Å². The minimum Gasteiger partial charge on any atom is -0.357 e. The SMILES string of the molecule is CCNC(=NCCNS(=O)(=O)c1cccc([N+](=O)[O-])c1)NCCSC.I. The molecule has 0 aromatic heterocycles. The van der Waals surface area contributed by atoms with Gasteiger partial charge >= 0.3 is 0 Å². The number of aliphatic imine (C=N–C) groups is 1. The lowest BCUT2D eigenvalue weighted by molar-refractivity contribution is -0.385. The highest BCUT2D eigenvalue weighted by atomic mass is 127. The van der Waals surface area contributed by atoms with Crippen LogP contribution in [0.3, 0.4) is 0 Å². The second-order valence-corrected chi connectivity index (χ2v) is 7.59. The molecule has 0 unspecified atom stereocenters. The molecule has 1 rings (SSSR count). The van der Waals surface area contributed by atoms with Crippen LogP contribution < -0.4 is 15.4 Å². The van der Waals surface area contributed by atoms with Crippen LogP contribution in [0.15, 0.2) is 34.2 Å². The summed E-state index contributed by atoms with van der Waals surface area (Å²) in [5.41, 5.74) is -0.270. The zero-order valence-electron chi connectivity index (χ0n) is 14.6. The molecular formula is C14H24IN5O4S2. The lowest BCUT2D eigenvalue weighted by atomic mass is 10.3. The highest BCUT2D eigenvalue weighted by Gasteiger charge is 2.16. The van der Waals surface area contributed by atoms with Gasteiger partial charge in [-0.2, -0.15) is 11.8 Å². The minimum absolute atomic E-state index is 0. The van der Waals surface area contributed by atoms with E-state index in [1.54, 1.807) is 11.8 Å². The Hall–Kier alpha value is -1.12. The van der Waals surface area contributed by atoms with E-state index in [9.17, 15) is 18.5 Å². The van der Waals surface area contributed by atoms with Crippen LogP contribution >= 0.6 is 35.7 Å². The summed E-state index contributed by atoms with van der Waals surface area (Å²) in [6.45, 7) is 3.72. The fourth-order valence-corrected chi connectivity index (χ4v) is 3.18. The molecule has 1 aromatic carbocycles. The number of nitro benzene ring substituents is 1. The van der Waals surface area contributed by atoms with Crippen molar-refractivity contribution in [3.8, 4) is 0 Å². The average Bonchev–Trinajstić information content (AvgIpc) is 2.59. The molecule has 0 spiro atoms. The average molecular weight is 517 g/mol. The minimum atomic E-state index is -3.82. The first-order valence-corrected chi connectivity index (χ1v) is 10.5. The predicted molar refractivity (Wildman–Crippen MR) is 116 cm³/mol. The van der Waals surface area contributed by atoms with Gasteiger partial charge in [0.25, 0.3) is 5.69 Å².